The molecular weight excluding hydrogens is 767 g/mol. The number of ether oxygens (including phenoxy) is 3. The van der Waals surface area contributed by atoms with E-state index in [0.717, 1.165) is 12.8 Å². The van der Waals surface area contributed by atoms with Gasteiger partial charge in [-0.3, -0.25) is 19.1 Å². The Labute approximate surface area is 337 Å². The number of hydrogen-bond donors (Lipinski definition) is 4. The Balaban J connectivity index is 1.21. The molecule has 1 saturated heterocycles. The number of methoxy groups -OCH3 is 1. The number of benzene rings is 2. The summed E-state index contributed by atoms with van der Waals surface area (Å²) >= 11 is 0. The van der Waals surface area contributed by atoms with Crippen LogP contribution in [0.2, 0.25) is 0 Å². The summed E-state index contributed by atoms with van der Waals surface area (Å²) in [5.41, 5.74) is -0.549. The number of allylic oxidation sites excluding steroid dienone is 1. The number of hydrogen-bond acceptors (Lipinski definition) is 12. The number of sulfonamides is 1. The smallest absolute Gasteiger partial charge is 0.408 e. The first kappa shape index (κ1) is 40.7. The maximum atomic E-state index is 14.6. The van der Waals surface area contributed by atoms with Gasteiger partial charge in [0.1, 0.15) is 35.1 Å². The average molecular weight is 818 g/mol. The molecule has 17 heteroatoms. The van der Waals surface area contributed by atoms with Crippen LogP contribution < -0.4 is 30.1 Å². The van der Waals surface area contributed by atoms with Crippen LogP contribution in [-0.2, 0) is 29.1 Å². The zero-order valence-electron chi connectivity index (χ0n) is 33.2. The van der Waals surface area contributed by atoms with E-state index < -0.39 is 74.3 Å². The van der Waals surface area contributed by atoms with E-state index in [-0.39, 0.29) is 37.5 Å². The van der Waals surface area contributed by atoms with Crippen LogP contribution in [0.4, 0.5) is 16.3 Å². The Morgan fingerprint density at radius 3 is 2.47 bits per heavy atom. The van der Waals surface area contributed by atoms with Gasteiger partial charge in [-0.25, -0.2) is 23.2 Å². The molecule has 2 aliphatic heterocycles. The van der Waals surface area contributed by atoms with Crippen LogP contribution in [0.25, 0.3) is 11.0 Å². The maximum Gasteiger partial charge on any atom is 0.408 e. The van der Waals surface area contributed by atoms with Gasteiger partial charge in [0.2, 0.25) is 21.8 Å². The lowest BCUT2D eigenvalue weighted by molar-refractivity contribution is -0.141. The van der Waals surface area contributed by atoms with Gasteiger partial charge >= 0.3 is 6.09 Å². The van der Waals surface area contributed by atoms with Crippen LogP contribution in [0.3, 0.4) is 0 Å². The third-order valence-corrected chi connectivity index (χ3v) is 12.5. The number of rotatable bonds is 9. The summed E-state index contributed by atoms with van der Waals surface area (Å²) in [5, 5.41) is 8.25. The third kappa shape index (κ3) is 9.46. The monoisotopic (exact) mass is 817 g/mol. The van der Waals surface area contributed by atoms with Gasteiger partial charge in [0.25, 0.3) is 11.8 Å². The predicted molar refractivity (Wildman–Crippen MR) is 215 cm³/mol. The van der Waals surface area contributed by atoms with Gasteiger partial charge in [0.05, 0.1) is 29.9 Å². The molecule has 16 nitrogen and oxygen atoms in total. The second-order valence-corrected chi connectivity index (χ2v) is 18.4. The number of nitrogens with one attached hydrogen (secondary N) is 4. The average Bonchev–Trinajstić information content (AvgIpc) is 4.10. The van der Waals surface area contributed by atoms with Crippen molar-refractivity contribution in [2.45, 2.75) is 113 Å². The molecule has 5 atom stereocenters. The lowest BCUT2D eigenvalue weighted by Crippen LogP contribution is -2.58. The van der Waals surface area contributed by atoms with Crippen LogP contribution in [0.1, 0.15) is 78.6 Å². The number of carbonyl (C=O) groups is 4. The number of nitrogens with zero attached hydrogens (tertiary/aromatic N) is 3. The minimum Gasteiger partial charge on any atom is -0.497 e. The van der Waals surface area contributed by atoms with Gasteiger partial charge < -0.3 is 35.1 Å². The number of fused-ring (bicyclic) bond motifs is 3. The molecule has 0 radical (unpaired) electrons. The van der Waals surface area contributed by atoms with Crippen molar-refractivity contribution in [3.05, 3.63) is 60.7 Å². The molecule has 3 fully saturated rings. The topological polar surface area (TPSA) is 207 Å². The molecule has 4 aliphatic rings. The van der Waals surface area contributed by atoms with Gasteiger partial charge in [0, 0.05) is 24.1 Å². The van der Waals surface area contributed by atoms with E-state index in [4.69, 9.17) is 24.2 Å². The molecule has 1 aromatic heterocycles. The van der Waals surface area contributed by atoms with Crippen LogP contribution in [-0.4, -0.2) is 95.3 Å². The quantitative estimate of drug-likeness (QED) is 0.218. The summed E-state index contributed by atoms with van der Waals surface area (Å²) in [6.45, 7) is 5.10. The van der Waals surface area contributed by atoms with Gasteiger partial charge in [0.15, 0.2) is 5.82 Å². The van der Waals surface area contributed by atoms with Crippen molar-refractivity contribution in [3.63, 3.8) is 0 Å². The Hall–Kier alpha value is -5.45. The Bertz CT molecular complexity index is 2210. The second kappa shape index (κ2) is 16.4. The SMILES string of the molecule is COc1cccc(Nc2nc3ccccc3nc2O[C@@H]2C[C@H]3C(=O)N[C@]4(C(=O)NS(=O)(=O)C5CC5)C[C@H]4/C=C\CCCCC[C@H](NC(=O)OC(C)(C)C)C(=O)N3C2)c1. The summed E-state index contributed by atoms with van der Waals surface area (Å²) in [4.78, 5) is 67.0. The van der Waals surface area contributed by atoms with Crippen LogP contribution in [0.5, 0.6) is 11.6 Å². The van der Waals surface area contributed by atoms with Gasteiger partial charge in [-0.05, 0) is 83.6 Å². The highest BCUT2D eigenvalue weighted by molar-refractivity contribution is 7.91. The summed E-state index contributed by atoms with van der Waals surface area (Å²) in [6, 6.07) is 12.3. The van der Waals surface area contributed by atoms with Gasteiger partial charge in [-0.15, -0.1) is 0 Å². The molecule has 0 bridgehead atoms. The Morgan fingerprint density at radius 2 is 1.74 bits per heavy atom. The highest BCUT2D eigenvalue weighted by Crippen LogP contribution is 2.46. The van der Waals surface area contributed by atoms with Crippen LogP contribution in [0, 0.1) is 5.92 Å². The molecule has 3 aromatic rings. The lowest BCUT2D eigenvalue weighted by Gasteiger charge is -2.30. The fourth-order valence-corrected chi connectivity index (χ4v) is 8.80. The molecule has 2 aliphatic carbocycles. The number of alkyl carbamates (subject to hydrolysis) is 1. The van der Waals surface area contributed by atoms with E-state index >= 15 is 0 Å². The summed E-state index contributed by atoms with van der Waals surface area (Å²) in [6.07, 6.45) is 6.43. The van der Waals surface area contributed by atoms with Crippen molar-refractivity contribution in [2.75, 3.05) is 19.0 Å². The minimum atomic E-state index is -3.92. The number of para-hydroxylation sites is 2. The summed E-state index contributed by atoms with van der Waals surface area (Å²) in [7, 11) is -2.35. The summed E-state index contributed by atoms with van der Waals surface area (Å²) in [5.74, 6) is -1.40. The largest absolute Gasteiger partial charge is 0.497 e. The molecule has 7 rings (SSSR count). The molecule has 58 heavy (non-hydrogen) atoms. The van der Waals surface area contributed by atoms with Crippen LogP contribution in [0.15, 0.2) is 60.7 Å². The van der Waals surface area contributed by atoms with E-state index in [2.05, 4.69) is 20.7 Å². The molecular formula is C41H51N7O9S. The zero-order chi connectivity index (χ0) is 41.2. The number of anilines is 2. The third-order valence-electron chi connectivity index (χ3n) is 10.7. The standard InChI is InChI=1S/C41H51N7O9S/c1-40(2,3)57-39(52)45-32-18-9-7-5-6-8-13-25-23-41(25,38(51)47-58(53,54)29-19-20-29)46-35(49)33-22-28(24-48(33)37(32)50)56-36-34(42-26-14-12-15-27(21-26)55-4)43-30-16-10-11-17-31(30)44-36/h8,10-17,21,25,28-29,32-33H,5-7,9,18-20,22-24H2,1-4H3,(H,42,43)(H,45,52)(H,46,49)(H,47,51)/b13-8-/t25-,28-,32+,33+,41-/m1/s1. The van der Waals surface area contributed by atoms with Crippen molar-refractivity contribution in [3.8, 4) is 11.6 Å². The first-order chi connectivity index (χ1) is 27.6. The van der Waals surface area contributed by atoms with Gasteiger partial charge in [-0.2, -0.15) is 0 Å². The second-order valence-electron chi connectivity index (χ2n) is 16.4. The molecule has 0 unspecified atom stereocenters. The number of aromatic nitrogens is 2. The van der Waals surface area contributed by atoms with E-state index in [9.17, 15) is 27.6 Å². The zero-order valence-corrected chi connectivity index (χ0v) is 34.0. The normalized spacial score (nSPS) is 25.8. The number of amides is 4. The fourth-order valence-electron chi connectivity index (χ4n) is 7.44. The molecule has 0 spiro atoms. The van der Waals surface area contributed by atoms with Crippen molar-refractivity contribution in [2.24, 2.45) is 5.92 Å². The first-order valence-electron chi connectivity index (χ1n) is 19.8. The molecule has 2 aromatic carbocycles. The number of carbonyl (C=O) groups excluding carboxylic acids is 4. The highest BCUT2D eigenvalue weighted by Gasteiger charge is 2.62. The van der Waals surface area contributed by atoms with E-state index in [0.29, 0.717) is 48.2 Å². The van der Waals surface area contributed by atoms with E-state index in [1.165, 1.54) is 4.90 Å². The first-order valence-corrected chi connectivity index (χ1v) is 21.4. The van der Waals surface area contributed by atoms with Crippen molar-refractivity contribution in [1.29, 1.82) is 0 Å². The summed E-state index contributed by atoms with van der Waals surface area (Å²) < 4.78 is 45.5. The fraction of sp³-hybridized carbons (Fsp3) is 0.512. The highest BCUT2D eigenvalue weighted by atomic mass is 32.2. The minimum absolute atomic E-state index is 0.0115. The molecule has 2 saturated carbocycles. The predicted octanol–water partition coefficient (Wildman–Crippen LogP) is 4.63. The van der Waals surface area contributed by atoms with E-state index in [1.807, 2.05) is 42.5 Å². The Kier molecular flexibility index (Phi) is 11.5. The van der Waals surface area contributed by atoms with E-state index in [1.54, 1.807) is 46.1 Å². The lowest BCUT2D eigenvalue weighted by atomic mass is 10.0. The van der Waals surface area contributed by atoms with Gasteiger partial charge in [-0.1, -0.05) is 43.2 Å². The van der Waals surface area contributed by atoms with Crippen molar-refractivity contribution >= 4 is 56.4 Å². The maximum absolute atomic E-state index is 14.6. The molecule has 4 amide bonds. The van der Waals surface area contributed by atoms with Crippen molar-refractivity contribution < 1.29 is 41.8 Å². The molecule has 4 N–H and O–H groups in total. The molecule has 310 valence electrons. The molecule has 3 heterocycles. The van der Waals surface area contributed by atoms with Crippen molar-refractivity contribution in [1.82, 2.24) is 30.2 Å². The van der Waals surface area contributed by atoms with Crippen LogP contribution >= 0.6 is 0 Å². The Morgan fingerprint density at radius 1 is 0.983 bits per heavy atom.